The van der Waals surface area contributed by atoms with Gasteiger partial charge in [0.25, 0.3) is 5.91 Å². The van der Waals surface area contributed by atoms with Crippen LogP contribution in [0, 0.1) is 12.8 Å². The molecule has 2 atom stereocenters. The van der Waals surface area contributed by atoms with Crippen LogP contribution in [0.1, 0.15) is 35.4 Å². The normalized spacial score (nSPS) is 26.3. The molecule has 3 heterocycles. The molecule has 0 radical (unpaired) electrons. The molecule has 22 heavy (non-hydrogen) atoms. The number of ether oxygens (including phenoxy) is 1. The molecule has 2 unspecified atom stereocenters. The second kappa shape index (κ2) is 6.79. The molecule has 6 nitrogen and oxygen atoms in total. The molecule has 0 aromatic carbocycles. The number of aryl methyl sites for hydroxylation is 2. The van der Waals surface area contributed by atoms with E-state index in [1.165, 1.54) is 6.42 Å². The third-order valence-electron chi connectivity index (χ3n) is 4.73. The number of carbonyl (C=O) groups excluding carboxylic acids is 1. The van der Waals surface area contributed by atoms with Crippen LogP contribution >= 0.6 is 0 Å². The predicted octanol–water partition coefficient (Wildman–Crippen LogP) is 0.959. The van der Waals surface area contributed by atoms with E-state index in [1.54, 1.807) is 4.68 Å². The third kappa shape index (κ3) is 3.67. The smallest absolute Gasteiger partial charge is 0.272 e. The van der Waals surface area contributed by atoms with E-state index in [0.717, 1.165) is 51.4 Å². The predicted molar refractivity (Wildman–Crippen MR) is 83.8 cm³/mol. The van der Waals surface area contributed by atoms with Crippen molar-refractivity contribution >= 4 is 5.91 Å². The van der Waals surface area contributed by atoms with E-state index in [1.807, 2.05) is 20.0 Å². The first-order valence-electron chi connectivity index (χ1n) is 8.23. The van der Waals surface area contributed by atoms with Crippen LogP contribution in [0.15, 0.2) is 6.07 Å². The number of aromatic nitrogens is 2. The Morgan fingerprint density at radius 3 is 3.05 bits per heavy atom. The number of rotatable bonds is 4. The standard InChI is InChI=1S/C16H26N4O2/c1-12-8-15(18-19(12)2)16(21)17-14-4-3-6-20(10-14)9-13-5-7-22-11-13/h8,13-14H,3-7,9-11H2,1-2H3,(H,17,21). The van der Waals surface area contributed by atoms with Crippen LogP contribution < -0.4 is 5.32 Å². The Morgan fingerprint density at radius 1 is 1.50 bits per heavy atom. The summed E-state index contributed by atoms with van der Waals surface area (Å²) >= 11 is 0. The van der Waals surface area contributed by atoms with E-state index >= 15 is 0 Å². The SMILES string of the molecule is Cc1cc(C(=O)NC2CCCN(CC3CCOC3)C2)nn1C. The molecule has 3 rings (SSSR count). The number of amides is 1. The summed E-state index contributed by atoms with van der Waals surface area (Å²) < 4.78 is 7.19. The molecule has 2 aliphatic rings. The van der Waals surface area contributed by atoms with Crippen LogP contribution in [0.5, 0.6) is 0 Å². The van der Waals surface area contributed by atoms with Gasteiger partial charge in [0.1, 0.15) is 5.69 Å². The minimum absolute atomic E-state index is 0.0558. The molecule has 1 N–H and O–H groups in total. The molecular weight excluding hydrogens is 280 g/mol. The quantitative estimate of drug-likeness (QED) is 0.900. The van der Waals surface area contributed by atoms with Crippen molar-refractivity contribution in [1.82, 2.24) is 20.0 Å². The maximum atomic E-state index is 12.3. The van der Waals surface area contributed by atoms with E-state index < -0.39 is 0 Å². The van der Waals surface area contributed by atoms with Crippen molar-refractivity contribution in [3.05, 3.63) is 17.5 Å². The topological polar surface area (TPSA) is 59.4 Å². The average Bonchev–Trinajstić information content (AvgIpc) is 3.10. The lowest BCUT2D eigenvalue weighted by atomic mass is 10.0. The minimum Gasteiger partial charge on any atom is -0.381 e. The van der Waals surface area contributed by atoms with E-state index in [0.29, 0.717) is 11.6 Å². The molecule has 1 amide bonds. The number of nitrogens with one attached hydrogen (secondary N) is 1. The largest absolute Gasteiger partial charge is 0.381 e. The lowest BCUT2D eigenvalue weighted by Crippen LogP contribution is -2.49. The van der Waals surface area contributed by atoms with Crippen LogP contribution in [-0.2, 0) is 11.8 Å². The maximum Gasteiger partial charge on any atom is 0.272 e. The lowest BCUT2D eigenvalue weighted by Gasteiger charge is -2.34. The molecule has 0 saturated carbocycles. The number of likely N-dealkylation sites (tertiary alicyclic amines) is 1. The van der Waals surface area contributed by atoms with Gasteiger partial charge in [0, 0.05) is 38.5 Å². The third-order valence-corrected chi connectivity index (χ3v) is 4.73. The summed E-state index contributed by atoms with van der Waals surface area (Å²) in [5, 5.41) is 7.40. The van der Waals surface area contributed by atoms with Crippen molar-refractivity contribution in [1.29, 1.82) is 0 Å². The summed E-state index contributed by atoms with van der Waals surface area (Å²) in [6, 6.07) is 2.07. The summed E-state index contributed by atoms with van der Waals surface area (Å²) in [6.45, 7) is 6.91. The van der Waals surface area contributed by atoms with Crippen LogP contribution in [0.2, 0.25) is 0 Å². The van der Waals surface area contributed by atoms with Gasteiger partial charge in [0.15, 0.2) is 0 Å². The molecule has 0 bridgehead atoms. The number of carbonyl (C=O) groups is 1. The number of nitrogens with zero attached hydrogens (tertiary/aromatic N) is 3. The van der Waals surface area contributed by atoms with Crippen molar-refractivity contribution in [2.45, 2.75) is 32.2 Å². The highest BCUT2D eigenvalue weighted by molar-refractivity contribution is 5.92. The average molecular weight is 306 g/mol. The fourth-order valence-corrected chi connectivity index (χ4v) is 3.36. The summed E-state index contributed by atoms with van der Waals surface area (Å²) in [4.78, 5) is 14.8. The van der Waals surface area contributed by atoms with Crippen LogP contribution in [0.4, 0.5) is 0 Å². The Morgan fingerprint density at radius 2 is 2.36 bits per heavy atom. The zero-order chi connectivity index (χ0) is 15.5. The zero-order valence-corrected chi connectivity index (χ0v) is 13.5. The fraction of sp³-hybridized carbons (Fsp3) is 0.750. The highest BCUT2D eigenvalue weighted by atomic mass is 16.5. The Bertz CT molecular complexity index is 503. The molecule has 2 saturated heterocycles. The first-order valence-corrected chi connectivity index (χ1v) is 8.23. The molecular formula is C16H26N4O2. The number of hydrogen-bond donors (Lipinski definition) is 1. The summed E-state index contributed by atoms with van der Waals surface area (Å²) in [7, 11) is 1.86. The number of piperidine rings is 1. The van der Waals surface area contributed by atoms with Gasteiger partial charge >= 0.3 is 0 Å². The van der Waals surface area contributed by atoms with Crippen LogP contribution in [0.25, 0.3) is 0 Å². The van der Waals surface area contributed by atoms with Gasteiger partial charge < -0.3 is 15.0 Å². The van der Waals surface area contributed by atoms with Gasteiger partial charge in [-0.1, -0.05) is 0 Å². The van der Waals surface area contributed by atoms with Crippen molar-refractivity contribution < 1.29 is 9.53 Å². The molecule has 6 heteroatoms. The van der Waals surface area contributed by atoms with Gasteiger partial charge in [-0.25, -0.2) is 0 Å². The van der Waals surface area contributed by atoms with Gasteiger partial charge in [0.05, 0.1) is 6.61 Å². The maximum absolute atomic E-state index is 12.3. The zero-order valence-electron chi connectivity index (χ0n) is 13.5. The van der Waals surface area contributed by atoms with Crippen molar-refractivity contribution in [3.8, 4) is 0 Å². The Labute approximate surface area is 131 Å². The van der Waals surface area contributed by atoms with E-state index in [4.69, 9.17) is 4.74 Å². The minimum atomic E-state index is -0.0558. The van der Waals surface area contributed by atoms with Gasteiger partial charge in [-0.3, -0.25) is 9.48 Å². The summed E-state index contributed by atoms with van der Waals surface area (Å²) in [5.41, 5.74) is 1.51. The number of hydrogen-bond acceptors (Lipinski definition) is 4. The molecule has 2 fully saturated rings. The fourth-order valence-electron chi connectivity index (χ4n) is 3.36. The van der Waals surface area contributed by atoms with E-state index in [9.17, 15) is 4.79 Å². The molecule has 1 aromatic rings. The Kier molecular flexibility index (Phi) is 4.78. The first-order chi connectivity index (χ1) is 10.6. The Balaban J connectivity index is 1.52. The first kappa shape index (κ1) is 15.5. The Hall–Kier alpha value is -1.40. The van der Waals surface area contributed by atoms with Gasteiger partial charge in [-0.05, 0) is 44.7 Å². The summed E-state index contributed by atoms with van der Waals surface area (Å²) in [5.74, 6) is 0.604. The molecule has 122 valence electrons. The highest BCUT2D eigenvalue weighted by Gasteiger charge is 2.26. The van der Waals surface area contributed by atoms with Crippen LogP contribution in [-0.4, -0.2) is 59.5 Å². The molecule has 0 spiro atoms. The summed E-state index contributed by atoms with van der Waals surface area (Å²) in [6.07, 6.45) is 3.36. The van der Waals surface area contributed by atoms with Crippen molar-refractivity contribution in [3.63, 3.8) is 0 Å². The van der Waals surface area contributed by atoms with Crippen molar-refractivity contribution in [2.75, 3.05) is 32.8 Å². The lowest BCUT2D eigenvalue weighted by molar-refractivity contribution is 0.0886. The van der Waals surface area contributed by atoms with Crippen LogP contribution in [0.3, 0.4) is 0 Å². The molecule has 0 aliphatic carbocycles. The monoisotopic (exact) mass is 306 g/mol. The second-order valence-electron chi connectivity index (χ2n) is 6.60. The highest BCUT2D eigenvalue weighted by Crippen LogP contribution is 2.18. The van der Waals surface area contributed by atoms with Gasteiger partial charge in [-0.2, -0.15) is 5.10 Å². The van der Waals surface area contributed by atoms with E-state index in [-0.39, 0.29) is 11.9 Å². The van der Waals surface area contributed by atoms with Gasteiger partial charge in [0.2, 0.25) is 0 Å². The van der Waals surface area contributed by atoms with Gasteiger partial charge in [-0.15, -0.1) is 0 Å². The molecule has 2 aliphatic heterocycles. The second-order valence-corrected chi connectivity index (χ2v) is 6.60. The van der Waals surface area contributed by atoms with Crippen molar-refractivity contribution in [2.24, 2.45) is 13.0 Å². The molecule has 1 aromatic heterocycles. The van der Waals surface area contributed by atoms with E-state index in [2.05, 4.69) is 15.3 Å².